The van der Waals surface area contributed by atoms with Gasteiger partial charge in [0.15, 0.2) is 5.65 Å². The van der Waals surface area contributed by atoms with Crippen molar-refractivity contribution in [1.29, 1.82) is 5.26 Å². The molecule has 11 heteroatoms. The molecule has 48 heavy (non-hydrogen) atoms. The highest BCUT2D eigenvalue weighted by Gasteiger charge is 2.28. The third kappa shape index (κ3) is 6.79. The van der Waals surface area contributed by atoms with Crippen molar-refractivity contribution >= 4 is 28.6 Å². The average molecular weight is 644 g/mol. The number of nitrogens with zero attached hydrogens (tertiary/aromatic N) is 6. The number of carbonyl (C=O) groups excluding carboxylic acids is 1. The molecule has 1 saturated heterocycles. The highest BCUT2D eigenvalue weighted by Crippen LogP contribution is 2.31. The molecule has 1 fully saturated rings. The van der Waals surface area contributed by atoms with Gasteiger partial charge >= 0.3 is 0 Å². The van der Waals surface area contributed by atoms with Gasteiger partial charge in [-0.05, 0) is 100 Å². The molecule has 1 atom stereocenters. The predicted molar refractivity (Wildman–Crippen MR) is 185 cm³/mol. The zero-order valence-electron chi connectivity index (χ0n) is 27.7. The number of likely N-dealkylation sites (N-methyl/N-ethyl adjacent to an activating group) is 1. The fourth-order valence-corrected chi connectivity index (χ4v) is 6.04. The molecule has 2 aromatic carbocycles. The van der Waals surface area contributed by atoms with Crippen molar-refractivity contribution in [3.8, 4) is 17.9 Å². The summed E-state index contributed by atoms with van der Waals surface area (Å²) >= 11 is 0. The van der Waals surface area contributed by atoms with Crippen molar-refractivity contribution in [1.82, 2.24) is 29.4 Å². The summed E-state index contributed by atoms with van der Waals surface area (Å²) in [7, 11) is 4.20. The lowest BCUT2D eigenvalue weighted by Crippen LogP contribution is -2.31. The Kier molecular flexibility index (Phi) is 9.01. The van der Waals surface area contributed by atoms with Crippen LogP contribution in [0.25, 0.3) is 5.65 Å². The summed E-state index contributed by atoms with van der Waals surface area (Å²) in [5.41, 5.74) is 5.48. The number of aromatic nitrogens is 4. The van der Waals surface area contributed by atoms with E-state index in [1.807, 2.05) is 54.8 Å². The first-order valence-electron chi connectivity index (χ1n) is 15.8. The molecule has 1 aliphatic rings. The molecule has 0 spiro atoms. The van der Waals surface area contributed by atoms with Gasteiger partial charge in [-0.1, -0.05) is 12.0 Å². The number of amides is 1. The van der Waals surface area contributed by atoms with E-state index in [-0.39, 0.29) is 5.56 Å². The number of likely N-dealkylation sites (tertiary alicyclic amines) is 1. The van der Waals surface area contributed by atoms with E-state index in [1.54, 1.807) is 25.5 Å². The number of benzene rings is 2. The van der Waals surface area contributed by atoms with Crippen LogP contribution in [0.1, 0.15) is 58.6 Å². The first-order valence-corrected chi connectivity index (χ1v) is 15.8. The Morgan fingerprint density at radius 3 is 2.73 bits per heavy atom. The normalized spacial score (nSPS) is 14.9. The second kappa shape index (κ2) is 13.3. The van der Waals surface area contributed by atoms with Gasteiger partial charge in [0.05, 0.1) is 40.8 Å². The second-order valence-electron chi connectivity index (χ2n) is 13.0. The standard InChI is InChI=1S/C37H38FN9O/c1-24-15-33(38)31(16-25(24)9-11-29-20-40-35-34(7-6-13-47(29)35)43-28-18-41-42-19-28)36(48)44-27-10-8-26(32(17-27)37(2,3)23-39)21-46-14-12-30(22-46)45(4)5/h6-8,10,13,15-20,30,43H,12,14,21-22H2,1-5H3,(H,41,42)(H,44,48). The summed E-state index contributed by atoms with van der Waals surface area (Å²) in [4.78, 5) is 22.6. The average Bonchev–Trinajstić information content (AvgIpc) is 3.84. The summed E-state index contributed by atoms with van der Waals surface area (Å²) < 4.78 is 17.1. The van der Waals surface area contributed by atoms with Gasteiger partial charge in [-0.3, -0.25) is 19.2 Å². The van der Waals surface area contributed by atoms with E-state index in [0.29, 0.717) is 40.7 Å². The van der Waals surface area contributed by atoms with Crippen molar-refractivity contribution in [2.24, 2.45) is 0 Å². The maximum Gasteiger partial charge on any atom is 0.258 e. The number of aromatic amines is 1. The van der Waals surface area contributed by atoms with Crippen LogP contribution in [0.15, 0.2) is 67.3 Å². The molecule has 0 radical (unpaired) electrons. The van der Waals surface area contributed by atoms with Crippen molar-refractivity contribution in [3.63, 3.8) is 0 Å². The Morgan fingerprint density at radius 2 is 2.00 bits per heavy atom. The Balaban J connectivity index is 1.24. The summed E-state index contributed by atoms with van der Waals surface area (Å²) in [6.07, 6.45) is 8.05. The van der Waals surface area contributed by atoms with Crippen molar-refractivity contribution in [2.45, 2.75) is 45.2 Å². The molecule has 0 aliphatic carbocycles. The third-order valence-corrected chi connectivity index (χ3v) is 8.89. The molecule has 3 aromatic heterocycles. The first kappa shape index (κ1) is 32.5. The van der Waals surface area contributed by atoms with Crippen LogP contribution in [0, 0.1) is 35.9 Å². The molecule has 6 rings (SSSR count). The zero-order chi connectivity index (χ0) is 34.0. The van der Waals surface area contributed by atoms with Crippen LogP contribution in [-0.4, -0.2) is 68.5 Å². The highest BCUT2D eigenvalue weighted by molar-refractivity contribution is 6.04. The SMILES string of the molecule is Cc1cc(F)c(C(=O)Nc2ccc(CN3CCC(N(C)C)C3)c(C(C)(C)C#N)c2)cc1C#Cc1cnc2c(Nc3cn[nH]c3)cccn12. The van der Waals surface area contributed by atoms with E-state index in [0.717, 1.165) is 42.0 Å². The maximum atomic E-state index is 15.2. The van der Waals surface area contributed by atoms with Crippen LogP contribution in [0.4, 0.5) is 21.5 Å². The minimum Gasteiger partial charge on any atom is -0.350 e. The summed E-state index contributed by atoms with van der Waals surface area (Å²) in [5, 5.41) is 22.9. The summed E-state index contributed by atoms with van der Waals surface area (Å²) in [5.74, 6) is 5.01. The van der Waals surface area contributed by atoms with Gasteiger partial charge in [-0.2, -0.15) is 10.4 Å². The Labute approximate surface area is 279 Å². The van der Waals surface area contributed by atoms with Crippen LogP contribution >= 0.6 is 0 Å². The number of halogens is 1. The second-order valence-corrected chi connectivity index (χ2v) is 13.0. The minimum absolute atomic E-state index is 0.119. The zero-order valence-corrected chi connectivity index (χ0v) is 27.7. The maximum absolute atomic E-state index is 15.2. The Hall–Kier alpha value is -5.49. The molecule has 244 valence electrons. The smallest absolute Gasteiger partial charge is 0.258 e. The fraction of sp³-hybridized carbons (Fsp3) is 0.297. The number of hydrogen-bond donors (Lipinski definition) is 3. The van der Waals surface area contributed by atoms with Crippen LogP contribution < -0.4 is 10.6 Å². The number of imidazole rings is 1. The number of nitriles is 1. The number of H-pyrrole nitrogens is 1. The minimum atomic E-state index is -0.789. The van der Waals surface area contributed by atoms with Gasteiger partial charge in [0.2, 0.25) is 0 Å². The van der Waals surface area contributed by atoms with Gasteiger partial charge in [0, 0.05) is 49.3 Å². The molecule has 1 unspecified atom stereocenters. The van der Waals surface area contributed by atoms with E-state index in [9.17, 15) is 10.1 Å². The predicted octanol–water partition coefficient (Wildman–Crippen LogP) is 5.84. The van der Waals surface area contributed by atoms with Crippen LogP contribution in [0.3, 0.4) is 0 Å². The number of rotatable bonds is 8. The van der Waals surface area contributed by atoms with Crippen LogP contribution in [0.2, 0.25) is 0 Å². The molecule has 4 heterocycles. The number of carbonyl (C=O) groups is 1. The molecule has 0 bridgehead atoms. The monoisotopic (exact) mass is 643 g/mol. The van der Waals surface area contributed by atoms with Gasteiger partial charge in [0.25, 0.3) is 5.91 Å². The molecule has 0 saturated carbocycles. The number of hydrogen-bond acceptors (Lipinski definition) is 7. The lowest BCUT2D eigenvalue weighted by atomic mass is 9.82. The Bertz CT molecular complexity index is 2080. The van der Waals surface area contributed by atoms with Crippen molar-refractivity contribution in [2.75, 3.05) is 37.8 Å². The molecule has 1 amide bonds. The van der Waals surface area contributed by atoms with Crippen molar-refractivity contribution < 1.29 is 9.18 Å². The number of pyridine rings is 1. The van der Waals surface area contributed by atoms with E-state index >= 15 is 4.39 Å². The number of nitrogens with one attached hydrogen (secondary N) is 3. The quantitative estimate of drug-likeness (QED) is 0.182. The summed E-state index contributed by atoms with van der Waals surface area (Å²) in [6, 6.07) is 15.1. The number of anilines is 3. The molecule has 1 aliphatic heterocycles. The number of aryl methyl sites for hydroxylation is 1. The topological polar surface area (TPSA) is 117 Å². The molecule has 10 nitrogen and oxygen atoms in total. The highest BCUT2D eigenvalue weighted by atomic mass is 19.1. The lowest BCUT2D eigenvalue weighted by Gasteiger charge is -2.25. The van der Waals surface area contributed by atoms with Crippen molar-refractivity contribution in [3.05, 3.63) is 107 Å². The number of fused-ring (bicyclic) bond motifs is 1. The van der Waals surface area contributed by atoms with Gasteiger partial charge in [-0.25, -0.2) is 9.37 Å². The Morgan fingerprint density at radius 1 is 1.17 bits per heavy atom. The lowest BCUT2D eigenvalue weighted by molar-refractivity contribution is 0.102. The van der Waals surface area contributed by atoms with E-state index in [2.05, 4.69) is 67.6 Å². The van der Waals surface area contributed by atoms with E-state index < -0.39 is 17.1 Å². The van der Waals surface area contributed by atoms with Gasteiger partial charge in [0.1, 0.15) is 11.5 Å². The molecular formula is C37H38FN9O. The largest absolute Gasteiger partial charge is 0.350 e. The molecule has 5 aromatic rings. The third-order valence-electron chi connectivity index (χ3n) is 8.89. The molecule has 3 N–H and O–H groups in total. The first-order chi connectivity index (χ1) is 23.0. The van der Waals surface area contributed by atoms with E-state index in [4.69, 9.17) is 0 Å². The van der Waals surface area contributed by atoms with Crippen LogP contribution in [0.5, 0.6) is 0 Å². The fourth-order valence-electron chi connectivity index (χ4n) is 6.04. The molecular weight excluding hydrogens is 605 g/mol. The van der Waals surface area contributed by atoms with Crippen LogP contribution in [-0.2, 0) is 12.0 Å². The summed E-state index contributed by atoms with van der Waals surface area (Å²) in [6.45, 7) is 8.14. The van der Waals surface area contributed by atoms with E-state index in [1.165, 1.54) is 12.1 Å². The van der Waals surface area contributed by atoms with Gasteiger partial charge in [-0.15, -0.1) is 0 Å². The van der Waals surface area contributed by atoms with Gasteiger partial charge < -0.3 is 15.5 Å².